The largest absolute Gasteiger partial charge is 0.376 e. The first kappa shape index (κ1) is 12.7. The molecular weight excluding hydrogens is 188 g/mol. The summed E-state index contributed by atoms with van der Waals surface area (Å²) in [5, 5.41) is 3.39. The minimum absolute atomic E-state index is 0.365. The second kappa shape index (κ2) is 6.26. The van der Waals surface area contributed by atoms with Gasteiger partial charge < -0.3 is 10.1 Å². The van der Waals surface area contributed by atoms with Crippen LogP contribution in [-0.2, 0) is 4.74 Å². The van der Waals surface area contributed by atoms with Crippen molar-refractivity contribution < 1.29 is 4.74 Å². The fourth-order valence-electron chi connectivity index (χ4n) is 1.75. The molecular formula is C12H24N2O. The number of nitrogens with zero attached hydrogens (tertiary/aromatic N) is 1. The highest BCUT2D eigenvalue weighted by atomic mass is 16.5. The van der Waals surface area contributed by atoms with Gasteiger partial charge in [0, 0.05) is 32.2 Å². The normalized spacial score (nSPS) is 23.3. The number of hydrogen-bond donors (Lipinski definition) is 1. The molecule has 0 bridgehead atoms. The van der Waals surface area contributed by atoms with Crippen molar-refractivity contribution in [1.82, 2.24) is 10.2 Å². The van der Waals surface area contributed by atoms with E-state index in [-0.39, 0.29) is 0 Å². The average Bonchev–Trinajstić information content (AvgIpc) is 2.15. The Bertz CT molecular complexity index is 204. The van der Waals surface area contributed by atoms with Crippen LogP contribution in [0.25, 0.3) is 0 Å². The number of ether oxygens (including phenoxy) is 1. The van der Waals surface area contributed by atoms with E-state index >= 15 is 0 Å². The quantitative estimate of drug-likeness (QED) is 0.694. The highest BCUT2D eigenvalue weighted by Crippen LogP contribution is 2.06. The molecule has 1 atom stereocenters. The van der Waals surface area contributed by atoms with Crippen LogP contribution in [0.3, 0.4) is 0 Å². The first-order valence-corrected chi connectivity index (χ1v) is 5.82. The summed E-state index contributed by atoms with van der Waals surface area (Å²) in [6, 6.07) is 0.533. The van der Waals surface area contributed by atoms with Crippen LogP contribution in [0.5, 0.6) is 0 Å². The zero-order chi connectivity index (χ0) is 11.3. The molecule has 1 aliphatic heterocycles. The van der Waals surface area contributed by atoms with Crippen LogP contribution in [0.1, 0.15) is 20.8 Å². The summed E-state index contributed by atoms with van der Waals surface area (Å²) in [4.78, 5) is 2.42. The van der Waals surface area contributed by atoms with Crippen molar-refractivity contribution in [3.8, 4) is 0 Å². The Morgan fingerprint density at radius 1 is 1.60 bits per heavy atom. The van der Waals surface area contributed by atoms with Crippen LogP contribution in [0.2, 0.25) is 0 Å². The Kier molecular flexibility index (Phi) is 5.29. The lowest BCUT2D eigenvalue weighted by molar-refractivity contribution is -0.0149. The SMILES string of the molecule is C=C(CNC(C)C)CN1CCOC(C)C1. The standard InChI is InChI=1S/C12H24N2O/c1-10(2)13-7-11(3)8-14-5-6-15-12(4)9-14/h10,12-13H,3,5-9H2,1-2,4H3. The first-order chi connectivity index (χ1) is 7.08. The van der Waals surface area contributed by atoms with Gasteiger partial charge in [0.15, 0.2) is 0 Å². The maximum absolute atomic E-state index is 5.50. The van der Waals surface area contributed by atoms with Crippen LogP contribution in [-0.4, -0.2) is 49.8 Å². The number of nitrogens with one attached hydrogen (secondary N) is 1. The zero-order valence-corrected chi connectivity index (χ0v) is 10.3. The van der Waals surface area contributed by atoms with Gasteiger partial charge in [-0.15, -0.1) is 0 Å². The van der Waals surface area contributed by atoms with E-state index in [0.717, 1.165) is 32.8 Å². The van der Waals surface area contributed by atoms with E-state index in [9.17, 15) is 0 Å². The van der Waals surface area contributed by atoms with Crippen LogP contribution in [0.15, 0.2) is 12.2 Å². The number of hydrogen-bond acceptors (Lipinski definition) is 3. The van der Waals surface area contributed by atoms with Gasteiger partial charge in [-0.1, -0.05) is 20.4 Å². The fourth-order valence-corrected chi connectivity index (χ4v) is 1.75. The Balaban J connectivity index is 2.19. The molecule has 1 aliphatic rings. The monoisotopic (exact) mass is 212 g/mol. The Morgan fingerprint density at radius 2 is 2.33 bits per heavy atom. The molecule has 3 heteroatoms. The third-order valence-corrected chi connectivity index (χ3v) is 2.53. The first-order valence-electron chi connectivity index (χ1n) is 5.82. The maximum Gasteiger partial charge on any atom is 0.0674 e. The van der Waals surface area contributed by atoms with Gasteiger partial charge in [-0.25, -0.2) is 0 Å². The van der Waals surface area contributed by atoms with Crippen molar-refractivity contribution in [3.63, 3.8) is 0 Å². The minimum Gasteiger partial charge on any atom is -0.376 e. The zero-order valence-electron chi connectivity index (χ0n) is 10.3. The maximum atomic E-state index is 5.50. The molecule has 0 aromatic carbocycles. The molecule has 88 valence electrons. The molecule has 0 spiro atoms. The minimum atomic E-state index is 0.365. The van der Waals surface area contributed by atoms with E-state index in [1.54, 1.807) is 0 Å². The van der Waals surface area contributed by atoms with Crippen molar-refractivity contribution in [2.45, 2.75) is 32.9 Å². The molecule has 1 heterocycles. The van der Waals surface area contributed by atoms with Crippen molar-refractivity contribution in [2.24, 2.45) is 0 Å². The lowest BCUT2D eigenvalue weighted by atomic mass is 10.2. The summed E-state index contributed by atoms with van der Waals surface area (Å²) in [5.41, 5.74) is 1.26. The summed E-state index contributed by atoms with van der Waals surface area (Å²) in [5.74, 6) is 0. The van der Waals surface area contributed by atoms with Gasteiger partial charge in [0.2, 0.25) is 0 Å². The van der Waals surface area contributed by atoms with Gasteiger partial charge in [0.05, 0.1) is 12.7 Å². The second-order valence-corrected chi connectivity index (χ2v) is 4.70. The van der Waals surface area contributed by atoms with E-state index < -0.39 is 0 Å². The summed E-state index contributed by atoms with van der Waals surface area (Å²) in [6.45, 7) is 15.4. The van der Waals surface area contributed by atoms with Gasteiger partial charge in [-0.05, 0) is 12.5 Å². The molecule has 1 fully saturated rings. The molecule has 0 aromatic rings. The highest BCUT2D eigenvalue weighted by molar-refractivity contribution is 5.00. The summed E-state index contributed by atoms with van der Waals surface area (Å²) >= 11 is 0. The molecule has 0 aliphatic carbocycles. The van der Waals surface area contributed by atoms with Crippen LogP contribution in [0, 0.1) is 0 Å². The molecule has 1 unspecified atom stereocenters. The van der Waals surface area contributed by atoms with Gasteiger partial charge in [-0.3, -0.25) is 4.90 Å². The lowest BCUT2D eigenvalue weighted by Gasteiger charge is -2.31. The Labute approximate surface area is 93.5 Å². The van der Waals surface area contributed by atoms with Crippen LogP contribution in [0.4, 0.5) is 0 Å². The van der Waals surface area contributed by atoms with E-state index in [2.05, 4.69) is 37.6 Å². The predicted molar refractivity (Wildman–Crippen MR) is 64.1 cm³/mol. The van der Waals surface area contributed by atoms with E-state index in [0.29, 0.717) is 12.1 Å². The number of rotatable bonds is 5. The van der Waals surface area contributed by atoms with Crippen molar-refractivity contribution in [2.75, 3.05) is 32.8 Å². The molecule has 3 nitrogen and oxygen atoms in total. The molecule has 0 aromatic heterocycles. The predicted octanol–water partition coefficient (Wildman–Crippen LogP) is 1.26. The molecule has 1 rings (SSSR count). The summed E-state index contributed by atoms with van der Waals surface area (Å²) in [7, 11) is 0. The third-order valence-electron chi connectivity index (χ3n) is 2.53. The molecule has 1 saturated heterocycles. The van der Waals surface area contributed by atoms with Gasteiger partial charge >= 0.3 is 0 Å². The van der Waals surface area contributed by atoms with Gasteiger partial charge in [0.25, 0.3) is 0 Å². The molecule has 0 saturated carbocycles. The third kappa shape index (κ3) is 5.30. The second-order valence-electron chi connectivity index (χ2n) is 4.70. The Hall–Kier alpha value is -0.380. The van der Waals surface area contributed by atoms with E-state index in [4.69, 9.17) is 4.74 Å². The molecule has 1 N–H and O–H groups in total. The van der Waals surface area contributed by atoms with Gasteiger partial charge in [0.1, 0.15) is 0 Å². The van der Waals surface area contributed by atoms with Crippen molar-refractivity contribution in [1.29, 1.82) is 0 Å². The Morgan fingerprint density at radius 3 is 2.93 bits per heavy atom. The van der Waals surface area contributed by atoms with Crippen LogP contribution >= 0.6 is 0 Å². The molecule has 15 heavy (non-hydrogen) atoms. The lowest BCUT2D eigenvalue weighted by Crippen LogP contribution is -2.42. The molecule has 0 radical (unpaired) electrons. The van der Waals surface area contributed by atoms with Crippen LogP contribution < -0.4 is 5.32 Å². The summed E-state index contributed by atoms with van der Waals surface area (Å²) < 4.78 is 5.50. The molecule has 0 amide bonds. The topological polar surface area (TPSA) is 24.5 Å². The van der Waals surface area contributed by atoms with Crippen molar-refractivity contribution >= 4 is 0 Å². The smallest absolute Gasteiger partial charge is 0.0674 e. The van der Waals surface area contributed by atoms with Crippen molar-refractivity contribution in [3.05, 3.63) is 12.2 Å². The summed E-state index contributed by atoms with van der Waals surface area (Å²) in [6.07, 6.45) is 0.365. The van der Waals surface area contributed by atoms with Gasteiger partial charge in [-0.2, -0.15) is 0 Å². The van der Waals surface area contributed by atoms with E-state index in [1.165, 1.54) is 5.57 Å². The average molecular weight is 212 g/mol. The number of morpholine rings is 1. The highest BCUT2D eigenvalue weighted by Gasteiger charge is 2.16. The van der Waals surface area contributed by atoms with E-state index in [1.807, 2.05) is 0 Å². The fraction of sp³-hybridized carbons (Fsp3) is 0.833.